The zero-order chi connectivity index (χ0) is 16.2. The van der Waals surface area contributed by atoms with Crippen molar-refractivity contribution in [1.82, 2.24) is 14.9 Å². The molecule has 0 bridgehead atoms. The highest BCUT2D eigenvalue weighted by Crippen LogP contribution is 2.21. The normalized spacial score (nSPS) is 18.8. The van der Waals surface area contributed by atoms with Crippen molar-refractivity contribution in [3.8, 4) is 0 Å². The van der Waals surface area contributed by atoms with Crippen molar-refractivity contribution >= 4 is 23.1 Å². The molecule has 1 fully saturated rings. The van der Waals surface area contributed by atoms with Gasteiger partial charge in [-0.15, -0.1) is 11.3 Å². The Morgan fingerprint density at radius 1 is 1.35 bits per heavy atom. The summed E-state index contributed by atoms with van der Waals surface area (Å²) in [7, 11) is 3.93. The SMILES string of the molecule is Cc1ccc(CN2CCCC(Nc3ccnc(N(C)C)n3)C2)s1. The zero-order valence-electron chi connectivity index (χ0n) is 14.1. The summed E-state index contributed by atoms with van der Waals surface area (Å²) in [5.74, 6) is 1.67. The molecule has 3 rings (SSSR count). The van der Waals surface area contributed by atoms with Crippen molar-refractivity contribution in [2.75, 3.05) is 37.4 Å². The van der Waals surface area contributed by atoms with E-state index in [0.29, 0.717) is 6.04 Å². The maximum absolute atomic E-state index is 4.57. The van der Waals surface area contributed by atoms with E-state index in [9.17, 15) is 0 Å². The minimum atomic E-state index is 0.453. The van der Waals surface area contributed by atoms with Gasteiger partial charge in [-0.3, -0.25) is 4.90 Å². The Hall–Kier alpha value is -1.66. The lowest BCUT2D eigenvalue weighted by Crippen LogP contribution is -2.41. The lowest BCUT2D eigenvalue weighted by Gasteiger charge is -2.33. The molecule has 0 saturated carbocycles. The molecular formula is C17H25N5S. The summed E-state index contributed by atoms with van der Waals surface area (Å²) in [6.45, 7) is 5.48. The number of nitrogens with zero attached hydrogens (tertiary/aromatic N) is 4. The van der Waals surface area contributed by atoms with E-state index in [0.717, 1.165) is 24.9 Å². The van der Waals surface area contributed by atoms with Crippen molar-refractivity contribution < 1.29 is 0 Å². The fourth-order valence-corrected chi connectivity index (χ4v) is 3.89. The van der Waals surface area contributed by atoms with Crippen LogP contribution in [0.25, 0.3) is 0 Å². The van der Waals surface area contributed by atoms with Gasteiger partial charge in [0, 0.05) is 49.2 Å². The number of hydrogen-bond acceptors (Lipinski definition) is 6. The Balaban J connectivity index is 1.59. The van der Waals surface area contributed by atoms with Crippen LogP contribution in [0, 0.1) is 6.92 Å². The summed E-state index contributed by atoms with van der Waals surface area (Å²) >= 11 is 1.90. The number of thiophene rings is 1. The number of likely N-dealkylation sites (tertiary alicyclic amines) is 1. The van der Waals surface area contributed by atoms with Crippen LogP contribution in [0.2, 0.25) is 0 Å². The van der Waals surface area contributed by atoms with Crippen LogP contribution in [-0.2, 0) is 6.54 Å². The molecule has 0 amide bonds. The minimum absolute atomic E-state index is 0.453. The first kappa shape index (κ1) is 16.2. The second kappa shape index (κ2) is 7.27. The first-order valence-electron chi connectivity index (χ1n) is 8.15. The van der Waals surface area contributed by atoms with Crippen molar-refractivity contribution in [2.24, 2.45) is 0 Å². The van der Waals surface area contributed by atoms with Crippen LogP contribution in [0.5, 0.6) is 0 Å². The van der Waals surface area contributed by atoms with Crippen LogP contribution >= 0.6 is 11.3 Å². The molecule has 5 nitrogen and oxygen atoms in total. The Morgan fingerprint density at radius 3 is 2.96 bits per heavy atom. The maximum Gasteiger partial charge on any atom is 0.226 e. The van der Waals surface area contributed by atoms with Gasteiger partial charge in [0.05, 0.1) is 0 Å². The Kier molecular flexibility index (Phi) is 5.13. The minimum Gasteiger partial charge on any atom is -0.366 e. The largest absolute Gasteiger partial charge is 0.366 e. The highest BCUT2D eigenvalue weighted by atomic mass is 32.1. The van der Waals surface area contributed by atoms with Gasteiger partial charge in [-0.1, -0.05) is 0 Å². The van der Waals surface area contributed by atoms with Gasteiger partial charge in [0.2, 0.25) is 5.95 Å². The molecule has 3 heterocycles. The quantitative estimate of drug-likeness (QED) is 0.912. The molecule has 1 unspecified atom stereocenters. The van der Waals surface area contributed by atoms with Gasteiger partial charge in [-0.25, -0.2) is 4.98 Å². The molecule has 0 aromatic carbocycles. The van der Waals surface area contributed by atoms with Gasteiger partial charge in [-0.05, 0) is 44.5 Å². The summed E-state index contributed by atoms with van der Waals surface area (Å²) in [5.41, 5.74) is 0. The monoisotopic (exact) mass is 331 g/mol. The van der Waals surface area contributed by atoms with E-state index in [1.54, 1.807) is 0 Å². The van der Waals surface area contributed by atoms with Gasteiger partial charge < -0.3 is 10.2 Å². The smallest absolute Gasteiger partial charge is 0.226 e. The topological polar surface area (TPSA) is 44.3 Å². The van der Waals surface area contributed by atoms with E-state index < -0.39 is 0 Å². The zero-order valence-corrected chi connectivity index (χ0v) is 14.9. The molecule has 1 N–H and O–H groups in total. The molecule has 1 saturated heterocycles. The Bertz CT molecular complexity index is 639. The number of aromatic nitrogens is 2. The van der Waals surface area contributed by atoms with E-state index in [1.165, 1.54) is 29.1 Å². The summed E-state index contributed by atoms with van der Waals surface area (Å²) in [6.07, 6.45) is 4.24. The summed E-state index contributed by atoms with van der Waals surface area (Å²) in [6, 6.07) is 6.87. The van der Waals surface area contributed by atoms with E-state index in [-0.39, 0.29) is 0 Å². The third-order valence-corrected chi connectivity index (χ3v) is 5.06. The van der Waals surface area contributed by atoms with Crippen LogP contribution < -0.4 is 10.2 Å². The van der Waals surface area contributed by atoms with Gasteiger partial charge >= 0.3 is 0 Å². The predicted octanol–water partition coefficient (Wildman–Crippen LogP) is 2.99. The standard InChI is InChI=1S/C17H25N5S/c1-13-6-7-15(23-13)12-22-10-4-5-14(11-22)19-16-8-9-18-17(20-16)21(2)3/h6-9,14H,4-5,10-12H2,1-3H3,(H,18,19,20). The molecule has 6 heteroatoms. The molecule has 23 heavy (non-hydrogen) atoms. The molecule has 0 aliphatic carbocycles. The fraction of sp³-hybridized carbons (Fsp3) is 0.529. The molecule has 0 radical (unpaired) electrons. The molecule has 1 aliphatic rings. The van der Waals surface area contributed by atoms with Crippen LogP contribution in [0.1, 0.15) is 22.6 Å². The molecule has 1 atom stereocenters. The number of aryl methyl sites for hydroxylation is 1. The summed E-state index contributed by atoms with van der Waals surface area (Å²) in [4.78, 5) is 16.2. The number of piperidine rings is 1. The first-order chi connectivity index (χ1) is 11.1. The lowest BCUT2D eigenvalue weighted by molar-refractivity contribution is 0.210. The number of hydrogen-bond donors (Lipinski definition) is 1. The van der Waals surface area contributed by atoms with Crippen LogP contribution in [0.3, 0.4) is 0 Å². The van der Waals surface area contributed by atoms with Gasteiger partial charge in [0.1, 0.15) is 5.82 Å². The number of nitrogens with one attached hydrogen (secondary N) is 1. The third kappa shape index (κ3) is 4.42. The summed E-state index contributed by atoms with van der Waals surface area (Å²) < 4.78 is 0. The molecular weight excluding hydrogens is 306 g/mol. The maximum atomic E-state index is 4.57. The Labute approximate surface area is 142 Å². The van der Waals surface area contributed by atoms with Crippen molar-refractivity contribution in [3.63, 3.8) is 0 Å². The number of rotatable bonds is 5. The highest BCUT2D eigenvalue weighted by Gasteiger charge is 2.20. The van der Waals surface area contributed by atoms with Gasteiger partial charge in [0.25, 0.3) is 0 Å². The number of anilines is 2. The molecule has 124 valence electrons. The van der Waals surface area contributed by atoms with E-state index in [4.69, 9.17) is 0 Å². The van der Waals surface area contributed by atoms with Crippen molar-refractivity contribution in [1.29, 1.82) is 0 Å². The first-order valence-corrected chi connectivity index (χ1v) is 8.96. The van der Waals surface area contributed by atoms with E-state index in [2.05, 4.69) is 39.2 Å². The fourth-order valence-electron chi connectivity index (χ4n) is 2.96. The predicted molar refractivity (Wildman–Crippen MR) is 97.3 cm³/mol. The summed E-state index contributed by atoms with van der Waals surface area (Å²) in [5, 5.41) is 3.58. The molecule has 2 aromatic heterocycles. The van der Waals surface area contributed by atoms with E-state index >= 15 is 0 Å². The second-order valence-corrected chi connectivity index (χ2v) is 7.74. The third-order valence-electron chi connectivity index (χ3n) is 4.08. The van der Waals surface area contributed by atoms with E-state index in [1.807, 2.05) is 42.6 Å². The average molecular weight is 331 g/mol. The highest BCUT2D eigenvalue weighted by molar-refractivity contribution is 7.11. The van der Waals surface area contributed by atoms with Crippen LogP contribution in [0.15, 0.2) is 24.4 Å². The molecule has 1 aliphatic heterocycles. The Morgan fingerprint density at radius 2 is 2.22 bits per heavy atom. The van der Waals surface area contributed by atoms with Crippen LogP contribution in [-0.4, -0.2) is 48.1 Å². The molecule has 0 spiro atoms. The van der Waals surface area contributed by atoms with Crippen molar-refractivity contribution in [2.45, 2.75) is 32.4 Å². The average Bonchev–Trinajstić information content (AvgIpc) is 2.93. The molecule has 2 aromatic rings. The van der Waals surface area contributed by atoms with Gasteiger partial charge in [0.15, 0.2) is 0 Å². The van der Waals surface area contributed by atoms with Crippen LogP contribution in [0.4, 0.5) is 11.8 Å². The van der Waals surface area contributed by atoms with Gasteiger partial charge in [-0.2, -0.15) is 4.98 Å². The lowest BCUT2D eigenvalue weighted by atomic mass is 10.1. The van der Waals surface area contributed by atoms with Crippen molar-refractivity contribution in [3.05, 3.63) is 34.2 Å². The second-order valence-electron chi connectivity index (χ2n) is 6.37.